The Labute approximate surface area is 216 Å². The highest BCUT2D eigenvalue weighted by atomic mass is 16.3. The number of rotatable bonds is 6. The second-order valence-electron chi connectivity index (χ2n) is 11.8. The number of phenols is 1. The number of carbonyl (C=O) groups excluding carboxylic acids is 2. The van der Waals surface area contributed by atoms with Crippen molar-refractivity contribution in [1.82, 2.24) is 5.32 Å². The molecule has 4 rings (SSSR count). The molecule has 1 heterocycles. The van der Waals surface area contributed by atoms with Gasteiger partial charge in [0.15, 0.2) is 5.78 Å². The molecule has 1 aromatic rings. The van der Waals surface area contributed by atoms with E-state index in [4.69, 9.17) is 0 Å². The number of phenolic OH excluding ortho intramolecular Hbond substituents is 1. The van der Waals surface area contributed by atoms with Gasteiger partial charge in [-0.2, -0.15) is 0 Å². The first-order valence-electron chi connectivity index (χ1n) is 13.5. The molecule has 0 radical (unpaired) electrons. The van der Waals surface area contributed by atoms with E-state index in [9.17, 15) is 14.7 Å². The normalized spacial score (nSPS) is 32.4. The largest absolute Gasteiger partial charge is 0.508 e. The second kappa shape index (κ2) is 10.2. The molecular formula is C32H41NO3. The molecule has 1 fully saturated rings. The van der Waals surface area contributed by atoms with Crippen LogP contribution in [0.2, 0.25) is 0 Å². The zero-order valence-electron chi connectivity index (χ0n) is 22.6. The van der Waals surface area contributed by atoms with Crippen LogP contribution in [0.3, 0.4) is 0 Å². The number of ketones is 1. The van der Waals surface area contributed by atoms with Crippen LogP contribution in [-0.4, -0.2) is 16.8 Å². The van der Waals surface area contributed by atoms with Crippen molar-refractivity contribution in [3.8, 4) is 5.75 Å². The van der Waals surface area contributed by atoms with Gasteiger partial charge >= 0.3 is 0 Å². The van der Waals surface area contributed by atoms with Gasteiger partial charge in [0, 0.05) is 17.5 Å². The zero-order chi connectivity index (χ0) is 26.2. The maximum absolute atomic E-state index is 14.3. The molecule has 1 saturated carbocycles. The van der Waals surface area contributed by atoms with Crippen LogP contribution in [-0.2, 0) is 9.59 Å². The lowest BCUT2D eigenvalue weighted by Crippen LogP contribution is -2.48. The van der Waals surface area contributed by atoms with Gasteiger partial charge in [-0.05, 0) is 79.7 Å². The first-order valence-corrected chi connectivity index (χ1v) is 13.5. The molecule has 0 unspecified atom stereocenters. The fourth-order valence-electron chi connectivity index (χ4n) is 6.97. The minimum atomic E-state index is -0.314. The van der Waals surface area contributed by atoms with Crippen LogP contribution >= 0.6 is 0 Å². The van der Waals surface area contributed by atoms with Crippen LogP contribution in [0, 0.1) is 35.0 Å². The third-order valence-electron chi connectivity index (χ3n) is 8.71. The number of hydrogen-bond acceptors (Lipinski definition) is 3. The molecule has 1 amide bonds. The molecule has 0 spiro atoms. The van der Waals surface area contributed by atoms with Crippen LogP contribution in [0.25, 0.3) is 6.08 Å². The summed E-state index contributed by atoms with van der Waals surface area (Å²) in [7, 11) is 0. The number of carbonyl (C=O) groups is 2. The van der Waals surface area contributed by atoms with Gasteiger partial charge in [0.05, 0.1) is 5.57 Å². The number of fused-ring (bicyclic) bond motifs is 1. The van der Waals surface area contributed by atoms with Crippen LogP contribution in [0.1, 0.15) is 72.8 Å². The minimum absolute atomic E-state index is 0.0248. The zero-order valence-corrected chi connectivity index (χ0v) is 22.6. The average molecular weight is 488 g/mol. The second-order valence-corrected chi connectivity index (χ2v) is 11.8. The number of benzene rings is 1. The molecule has 0 saturated heterocycles. The summed E-state index contributed by atoms with van der Waals surface area (Å²) in [5.41, 5.74) is 4.20. The van der Waals surface area contributed by atoms with Gasteiger partial charge in [-0.1, -0.05) is 76.0 Å². The van der Waals surface area contributed by atoms with Crippen molar-refractivity contribution in [2.24, 2.45) is 35.0 Å². The lowest BCUT2D eigenvalue weighted by molar-refractivity contribution is -0.128. The van der Waals surface area contributed by atoms with Gasteiger partial charge in [0.25, 0.3) is 5.91 Å². The van der Waals surface area contributed by atoms with Gasteiger partial charge in [-0.25, -0.2) is 0 Å². The smallest absolute Gasteiger partial charge is 0.259 e. The molecule has 4 heteroatoms. The Balaban J connectivity index is 1.75. The Bertz CT molecular complexity index is 1150. The number of allylic oxidation sites excluding steroid dienone is 5. The summed E-state index contributed by atoms with van der Waals surface area (Å²) in [6.07, 6.45) is 12.6. The summed E-state index contributed by atoms with van der Waals surface area (Å²) in [5, 5.41) is 12.4. The van der Waals surface area contributed by atoms with E-state index in [1.807, 2.05) is 6.08 Å². The molecule has 3 aliphatic rings. The van der Waals surface area contributed by atoms with Crippen molar-refractivity contribution < 1.29 is 14.7 Å². The van der Waals surface area contributed by atoms with Crippen LogP contribution < -0.4 is 5.32 Å². The summed E-state index contributed by atoms with van der Waals surface area (Å²) >= 11 is 0. The monoisotopic (exact) mass is 487 g/mol. The maximum atomic E-state index is 14.3. The number of hydrogen-bond donors (Lipinski definition) is 2. The highest BCUT2D eigenvalue weighted by Crippen LogP contribution is 2.56. The summed E-state index contributed by atoms with van der Waals surface area (Å²) in [6, 6.07) is 6.78. The third-order valence-corrected chi connectivity index (χ3v) is 8.71. The predicted molar refractivity (Wildman–Crippen MR) is 146 cm³/mol. The van der Waals surface area contributed by atoms with Crippen LogP contribution in [0.4, 0.5) is 0 Å². The van der Waals surface area contributed by atoms with Gasteiger partial charge in [0.1, 0.15) is 5.75 Å². The highest BCUT2D eigenvalue weighted by molar-refractivity contribution is 6.23. The molecule has 1 aromatic carbocycles. The number of Topliss-reactive ketones (excluding diaryl/α,β-unsaturated/α-hetero) is 1. The van der Waals surface area contributed by atoms with E-state index >= 15 is 0 Å². The van der Waals surface area contributed by atoms with Gasteiger partial charge < -0.3 is 10.4 Å². The predicted octanol–water partition coefficient (Wildman–Crippen LogP) is 6.99. The molecule has 0 bridgehead atoms. The summed E-state index contributed by atoms with van der Waals surface area (Å²) < 4.78 is 0. The maximum Gasteiger partial charge on any atom is 0.259 e. The van der Waals surface area contributed by atoms with Gasteiger partial charge in [0.2, 0.25) is 0 Å². The Morgan fingerprint density at radius 2 is 1.94 bits per heavy atom. The molecule has 192 valence electrons. The minimum Gasteiger partial charge on any atom is -0.508 e. The Hall–Kier alpha value is -2.88. The van der Waals surface area contributed by atoms with E-state index in [0.29, 0.717) is 17.5 Å². The van der Waals surface area contributed by atoms with E-state index in [1.165, 1.54) is 11.1 Å². The van der Waals surface area contributed by atoms with Crippen molar-refractivity contribution in [3.05, 3.63) is 70.5 Å². The molecule has 6 atom stereocenters. The van der Waals surface area contributed by atoms with E-state index in [0.717, 1.165) is 31.2 Å². The lowest BCUT2D eigenvalue weighted by atomic mass is 9.52. The molecule has 2 N–H and O–H groups in total. The highest BCUT2D eigenvalue weighted by Gasteiger charge is 2.52. The Morgan fingerprint density at radius 1 is 1.25 bits per heavy atom. The first-order chi connectivity index (χ1) is 17.0. The first kappa shape index (κ1) is 26.2. The molecule has 1 aliphatic heterocycles. The number of nitrogens with one attached hydrogen (secondary N) is 1. The Kier molecular flexibility index (Phi) is 7.45. The summed E-state index contributed by atoms with van der Waals surface area (Å²) in [5.74, 6) is 0.933. The van der Waals surface area contributed by atoms with Crippen molar-refractivity contribution >= 4 is 17.8 Å². The van der Waals surface area contributed by atoms with Crippen molar-refractivity contribution in [2.45, 2.75) is 67.2 Å². The van der Waals surface area contributed by atoms with Gasteiger partial charge in [-0.15, -0.1) is 0 Å². The number of amides is 1. The quantitative estimate of drug-likeness (QED) is 0.336. The van der Waals surface area contributed by atoms with E-state index in [1.54, 1.807) is 30.3 Å². The van der Waals surface area contributed by atoms with Crippen LogP contribution in [0.15, 0.2) is 64.9 Å². The molecular weight excluding hydrogens is 446 g/mol. The average Bonchev–Trinajstić information content (AvgIpc) is 3.18. The van der Waals surface area contributed by atoms with Crippen LogP contribution in [0.5, 0.6) is 5.75 Å². The molecule has 2 aliphatic carbocycles. The number of aromatic hydroxyl groups is 1. The van der Waals surface area contributed by atoms with Gasteiger partial charge in [-0.3, -0.25) is 9.59 Å². The third kappa shape index (κ3) is 5.14. The van der Waals surface area contributed by atoms with E-state index < -0.39 is 0 Å². The lowest BCUT2D eigenvalue weighted by Gasteiger charge is -2.52. The molecule has 36 heavy (non-hydrogen) atoms. The summed E-state index contributed by atoms with van der Waals surface area (Å²) in [6.45, 7) is 13.4. The fourth-order valence-corrected chi connectivity index (χ4v) is 6.97. The SMILES string of the molecule is CC[C@H](C)/C=C(\C)[C@H]1C(C)=C[C@]2(C)C[C@@H](C)CC[C@@H]2[C@@H]1C(=O)C1=C/C(=C/c2ccc(O)cc2)NC1=O. The van der Waals surface area contributed by atoms with Crippen molar-refractivity contribution in [2.75, 3.05) is 0 Å². The van der Waals surface area contributed by atoms with Crippen molar-refractivity contribution in [1.29, 1.82) is 0 Å². The van der Waals surface area contributed by atoms with Crippen molar-refractivity contribution in [3.63, 3.8) is 0 Å². The molecule has 4 nitrogen and oxygen atoms in total. The van der Waals surface area contributed by atoms with E-state index in [2.05, 4.69) is 59.0 Å². The summed E-state index contributed by atoms with van der Waals surface area (Å²) in [4.78, 5) is 27.4. The fraction of sp³-hybridized carbons (Fsp3) is 0.500. The Morgan fingerprint density at radius 3 is 2.61 bits per heavy atom. The molecule has 0 aromatic heterocycles. The topological polar surface area (TPSA) is 66.4 Å². The van der Waals surface area contributed by atoms with E-state index in [-0.39, 0.29) is 46.2 Å². The standard InChI is InChI=1S/C32H41NO3/c1-7-19(2)14-21(4)28-22(5)18-32(6)17-20(3)8-13-27(32)29(28)30(35)26-16-24(33-31(26)36)15-23-9-11-25(34)12-10-23/h9-12,14-16,18-20,27-29,34H,7-8,13,17H2,1-6H3,(H,33,36)/b21-14+,24-15-/t19-,20-,27+,28-,29-,32-/m0/s1.